The van der Waals surface area contributed by atoms with Crippen molar-refractivity contribution in [1.29, 1.82) is 0 Å². The first-order chi connectivity index (χ1) is 14.1. The lowest BCUT2D eigenvalue weighted by Crippen LogP contribution is -2.32. The number of benzene rings is 2. The smallest absolute Gasteiger partial charge is 0.224 e. The van der Waals surface area contributed by atoms with Gasteiger partial charge in [0.15, 0.2) is 0 Å². The van der Waals surface area contributed by atoms with Gasteiger partial charge in [0.25, 0.3) is 0 Å². The molecular formula is C23H24ClN3O2. The zero-order chi connectivity index (χ0) is 20.2. The van der Waals surface area contributed by atoms with E-state index >= 15 is 0 Å². The Morgan fingerprint density at radius 3 is 2.62 bits per heavy atom. The molecule has 0 fully saturated rings. The van der Waals surface area contributed by atoms with Gasteiger partial charge >= 0.3 is 0 Å². The highest BCUT2D eigenvalue weighted by atomic mass is 35.5. The van der Waals surface area contributed by atoms with Crippen molar-refractivity contribution in [2.24, 2.45) is 0 Å². The van der Waals surface area contributed by atoms with Crippen LogP contribution in [0.3, 0.4) is 0 Å². The Labute approximate surface area is 175 Å². The Bertz CT molecular complexity index is 980. The van der Waals surface area contributed by atoms with Crippen LogP contribution in [0.2, 0.25) is 5.02 Å². The number of nitrogens with one attached hydrogen (secondary N) is 1. The predicted octanol–water partition coefficient (Wildman–Crippen LogP) is 4.33. The van der Waals surface area contributed by atoms with E-state index < -0.39 is 0 Å². The number of hydrogen-bond donors (Lipinski definition) is 1. The molecule has 0 bridgehead atoms. The Morgan fingerprint density at radius 2 is 1.90 bits per heavy atom. The molecule has 1 heterocycles. The Morgan fingerprint density at radius 1 is 1.17 bits per heavy atom. The van der Waals surface area contributed by atoms with Gasteiger partial charge in [-0.3, -0.25) is 9.48 Å². The van der Waals surface area contributed by atoms with Crippen molar-refractivity contribution in [3.63, 3.8) is 0 Å². The Hall–Kier alpha value is -2.79. The van der Waals surface area contributed by atoms with E-state index in [1.807, 2.05) is 59.4 Å². The summed E-state index contributed by atoms with van der Waals surface area (Å²) in [4.78, 5) is 12.6. The Balaban J connectivity index is 1.43. The molecule has 1 aliphatic carbocycles. The van der Waals surface area contributed by atoms with Crippen molar-refractivity contribution in [3.8, 4) is 5.75 Å². The number of hydrogen-bond acceptors (Lipinski definition) is 3. The number of amides is 1. The van der Waals surface area contributed by atoms with Crippen LogP contribution in [0.1, 0.15) is 41.3 Å². The molecule has 150 valence electrons. The molecule has 5 nitrogen and oxygen atoms in total. The second kappa shape index (κ2) is 8.70. The third-order valence-electron chi connectivity index (χ3n) is 5.37. The van der Waals surface area contributed by atoms with Crippen molar-refractivity contribution < 1.29 is 9.53 Å². The number of carbonyl (C=O) groups excluding carboxylic acids is 1. The average molecular weight is 410 g/mol. The van der Waals surface area contributed by atoms with Gasteiger partial charge in [-0.25, -0.2) is 0 Å². The number of fused-ring (bicyclic) bond motifs is 1. The Kier molecular flexibility index (Phi) is 5.86. The van der Waals surface area contributed by atoms with Gasteiger partial charge < -0.3 is 10.1 Å². The summed E-state index contributed by atoms with van der Waals surface area (Å²) in [6.07, 6.45) is 5.21. The largest absolute Gasteiger partial charge is 0.497 e. The maximum absolute atomic E-state index is 12.6. The molecule has 1 N–H and O–H groups in total. The SMILES string of the molecule is COc1ccc(CC(=O)N[C@@H]2CCCc3c2cnn3Cc2ccc(Cl)cc2)cc1. The number of halogens is 1. The van der Waals surface area contributed by atoms with Gasteiger partial charge in [0.2, 0.25) is 5.91 Å². The summed E-state index contributed by atoms with van der Waals surface area (Å²) in [5, 5.41) is 8.52. The van der Waals surface area contributed by atoms with E-state index in [-0.39, 0.29) is 11.9 Å². The van der Waals surface area contributed by atoms with Crippen molar-refractivity contribution in [2.45, 2.75) is 38.3 Å². The minimum Gasteiger partial charge on any atom is -0.497 e. The summed E-state index contributed by atoms with van der Waals surface area (Å²) in [5.41, 5.74) is 4.47. The van der Waals surface area contributed by atoms with Crippen LogP contribution in [0, 0.1) is 0 Å². The topological polar surface area (TPSA) is 56.1 Å². The molecule has 1 atom stereocenters. The standard InChI is InChI=1S/C23H24ClN3O2/c1-29-19-11-7-16(8-12-19)13-23(28)26-21-3-2-4-22-20(21)14-25-27(22)15-17-5-9-18(24)10-6-17/h5-12,14,21H,2-4,13,15H2,1H3,(H,26,28)/t21-/m1/s1. The van der Waals surface area contributed by atoms with E-state index in [0.29, 0.717) is 13.0 Å². The minimum atomic E-state index is 0.0171. The number of carbonyl (C=O) groups is 1. The quantitative estimate of drug-likeness (QED) is 0.659. The molecule has 1 aromatic heterocycles. The van der Waals surface area contributed by atoms with Gasteiger partial charge in [-0.05, 0) is 54.7 Å². The normalized spacial score (nSPS) is 15.6. The second-order valence-corrected chi connectivity index (χ2v) is 7.80. The lowest BCUT2D eigenvalue weighted by atomic mass is 9.92. The molecule has 4 rings (SSSR count). The first-order valence-corrected chi connectivity index (χ1v) is 10.2. The first kappa shape index (κ1) is 19.5. The monoisotopic (exact) mass is 409 g/mol. The molecule has 0 saturated carbocycles. The van der Waals surface area contributed by atoms with Crippen LogP contribution in [0.5, 0.6) is 5.75 Å². The van der Waals surface area contributed by atoms with Gasteiger partial charge in [-0.15, -0.1) is 0 Å². The van der Waals surface area contributed by atoms with Crippen LogP contribution < -0.4 is 10.1 Å². The number of nitrogens with zero attached hydrogens (tertiary/aromatic N) is 2. The van der Waals surface area contributed by atoms with Gasteiger partial charge in [0.1, 0.15) is 5.75 Å². The van der Waals surface area contributed by atoms with E-state index in [1.54, 1.807) is 7.11 Å². The molecule has 0 unspecified atom stereocenters. The van der Waals surface area contributed by atoms with Crippen LogP contribution in [-0.4, -0.2) is 22.8 Å². The summed E-state index contributed by atoms with van der Waals surface area (Å²) in [6.45, 7) is 0.707. The fraction of sp³-hybridized carbons (Fsp3) is 0.304. The van der Waals surface area contributed by atoms with Crippen molar-refractivity contribution in [1.82, 2.24) is 15.1 Å². The molecule has 0 aliphatic heterocycles. The molecular weight excluding hydrogens is 386 g/mol. The van der Waals surface area contributed by atoms with Gasteiger partial charge in [-0.1, -0.05) is 35.9 Å². The van der Waals surface area contributed by atoms with E-state index in [9.17, 15) is 4.79 Å². The maximum Gasteiger partial charge on any atom is 0.224 e. The van der Waals surface area contributed by atoms with Crippen LogP contribution in [0.15, 0.2) is 54.7 Å². The summed E-state index contributed by atoms with van der Waals surface area (Å²) in [6, 6.07) is 15.5. The summed E-state index contributed by atoms with van der Waals surface area (Å²) < 4.78 is 7.21. The molecule has 0 radical (unpaired) electrons. The van der Waals surface area contributed by atoms with Gasteiger partial charge in [0, 0.05) is 16.3 Å². The molecule has 0 saturated heterocycles. The lowest BCUT2D eigenvalue weighted by Gasteiger charge is -2.24. The maximum atomic E-state index is 12.6. The van der Waals surface area contributed by atoms with Crippen molar-refractivity contribution >= 4 is 17.5 Å². The number of aromatic nitrogens is 2. The molecule has 2 aromatic carbocycles. The second-order valence-electron chi connectivity index (χ2n) is 7.37. The molecule has 1 amide bonds. The molecule has 29 heavy (non-hydrogen) atoms. The van der Waals surface area contributed by atoms with Crippen LogP contribution in [0.25, 0.3) is 0 Å². The van der Waals surface area contributed by atoms with Gasteiger partial charge in [0.05, 0.1) is 32.3 Å². The number of ether oxygens (including phenoxy) is 1. The summed E-state index contributed by atoms with van der Waals surface area (Å²) >= 11 is 5.98. The van der Waals surface area contributed by atoms with E-state index in [1.165, 1.54) is 5.69 Å². The summed E-state index contributed by atoms with van der Waals surface area (Å²) in [5.74, 6) is 0.817. The summed E-state index contributed by atoms with van der Waals surface area (Å²) in [7, 11) is 1.63. The fourth-order valence-corrected chi connectivity index (χ4v) is 3.97. The zero-order valence-electron chi connectivity index (χ0n) is 16.4. The van der Waals surface area contributed by atoms with Gasteiger partial charge in [-0.2, -0.15) is 5.10 Å². The molecule has 1 aliphatic rings. The number of methoxy groups -OCH3 is 1. The van der Waals surface area contributed by atoms with Crippen molar-refractivity contribution in [2.75, 3.05) is 7.11 Å². The van der Waals surface area contributed by atoms with Crippen molar-refractivity contribution in [3.05, 3.63) is 82.1 Å². The average Bonchev–Trinajstić information content (AvgIpc) is 3.14. The minimum absolute atomic E-state index is 0.0171. The lowest BCUT2D eigenvalue weighted by molar-refractivity contribution is -0.121. The van der Waals surface area contributed by atoms with Crippen LogP contribution in [0.4, 0.5) is 0 Å². The fourth-order valence-electron chi connectivity index (χ4n) is 3.84. The van der Waals surface area contributed by atoms with E-state index in [0.717, 1.165) is 46.7 Å². The molecule has 3 aromatic rings. The third kappa shape index (κ3) is 4.62. The first-order valence-electron chi connectivity index (χ1n) is 9.83. The highest BCUT2D eigenvalue weighted by molar-refractivity contribution is 6.30. The van der Waals surface area contributed by atoms with Crippen LogP contribution >= 0.6 is 11.6 Å². The van der Waals surface area contributed by atoms with E-state index in [2.05, 4.69) is 10.4 Å². The highest BCUT2D eigenvalue weighted by Crippen LogP contribution is 2.30. The number of rotatable bonds is 6. The highest BCUT2D eigenvalue weighted by Gasteiger charge is 2.25. The zero-order valence-corrected chi connectivity index (χ0v) is 17.2. The predicted molar refractivity (Wildman–Crippen MR) is 113 cm³/mol. The third-order valence-corrected chi connectivity index (χ3v) is 5.62. The van der Waals surface area contributed by atoms with E-state index in [4.69, 9.17) is 16.3 Å². The molecule has 6 heteroatoms. The van der Waals surface area contributed by atoms with Crippen LogP contribution in [-0.2, 0) is 24.2 Å². The molecule has 0 spiro atoms.